The number of rotatable bonds is 4. The molecule has 1 atom stereocenters. The molecule has 1 amide bonds. The Morgan fingerprint density at radius 3 is 2.39 bits per heavy atom. The van der Waals surface area contributed by atoms with Crippen LogP contribution in [0.2, 0.25) is 5.02 Å². The fraction of sp³-hybridized carbons (Fsp3) is 0.0800. The van der Waals surface area contributed by atoms with E-state index in [1.807, 2.05) is 73.7 Å². The molecule has 1 aliphatic rings. The Morgan fingerprint density at radius 2 is 1.70 bits per heavy atom. The van der Waals surface area contributed by atoms with Crippen LogP contribution < -0.4 is 10.6 Å². The van der Waals surface area contributed by atoms with Crippen molar-refractivity contribution in [2.45, 2.75) is 13.0 Å². The van der Waals surface area contributed by atoms with Gasteiger partial charge in [-0.1, -0.05) is 71.8 Å². The molecule has 6 nitrogen and oxygen atoms in total. The van der Waals surface area contributed by atoms with Gasteiger partial charge in [0.15, 0.2) is 0 Å². The van der Waals surface area contributed by atoms with Crippen LogP contribution in [-0.4, -0.2) is 20.7 Å². The molecule has 0 saturated carbocycles. The number of hydrogen-bond donors (Lipinski definition) is 2. The second-order valence-corrected chi connectivity index (χ2v) is 8.03. The van der Waals surface area contributed by atoms with Gasteiger partial charge in [-0.3, -0.25) is 10.1 Å². The fourth-order valence-corrected chi connectivity index (χ4v) is 3.73. The number of nitrogens with zero attached hydrogens (tertiary/aromatic N) is 3. The largest absolute Gasteiger partial charge is 0.324 e. The number of carbonyl (C=O) groups is 1. The van der Waals surface area contributed by atoms with Crippen LogP contribution in [0.3, 0.4) is 0 Å². The summed E-state index contributed by atoms with van der Waals surface area (Å²) >= 11 is 6.09. The number of aryl methyl sites for hydroxylation is 1. The minimum Gasteiger partial charge on any atom is -0.324 e. The van der Waals surface area contributed by atoms with E-state index in [-0.39, 0.29) is 30.3 Å². The Balaban J connectivity index is 0.00000259. The third-order valence-electron chi connectivity index (χ3n) is 5.30. The number of halogens is 2. The molecule has 0 spiro atoms. The zero-order valence-electron chi connectivity index (χ0n) is 17.7. The Bertz CT molecular complexity index is 1300. The van der Waals surface area contributed by atoms with E-state index in [1.165, 1.54) is 0 Å². The monoisotopic (exact) mass is 477 g/mol. The Labute approximate surface area is 202 Å². The van der Waals surface area contributed by atoms with E-state index in [9.17, 15) is 4.79 Å². The maximum atomic E-state index is 12.7. The lowest BCUT2D eigenvalue weighted by Crippen LogP contribution is -2.20. The highest BCUT2D eigenvalue weighted by Crippen LogP contribution is 2.33. The third-order valence-corrected chi connectivity index (χ3v) is 5.55. The van der Waals surface area contributed by atoms with Crippen LogP contribution in [0, 0.1) is 6.92 Å². The summed E-state index contributed by atoms with van der Waals surface area (Å²) in [6.07, 6.45) is 2.09. The first-order chi connectivity index (χ1) is 15.6. The van der Waals surface area contributed by atoms with Crippen molar-refractivity contribution in [3.63, 3.8) is 0 Å². The number of fused-ring (bicyclic) bond motifs is 1. The quantitative estimate of drug-likeness (QED) is 0.379. The van der Waals surface area contributed by atoms with Gasteiger partial charge in [0.2, 0.25) is 5.95 Å². The Kier molecular flexibility index (Phi) is 6.49. The molecule has 0 saturated heterocycles. The minimum atomic E-state index is -0.257. The summed E-state index contributed by atoms with van der Waals surface area (Å²) in [6, 6.07) is 24.8. The molecular weight excluding hydrogens is 457 g/mol. The number of nitrogens with one attached hydrogen (secondary N) is 2. The maximum absolute atomic E-state index is 12.7. The van der Waals surface area contributed by atoms with E-state index < -0.39 is 0 Å². The number of anilines is 2. The topological polar surface area (TPSA) is 71.8 Å². The molecule has 33 heavy (non-hydrogen) atoms. The smallest absolute Gasteiger partial charge is 0.258 e. The van der Waals surface area contributed by atoms with Gasteiger partial charge < -0.3 is 5.32 Å². The predicted molar refractivity (Wildman–Crippen MR) is 134 cm³/mol. The summed E-state index contributed by atoms with van der Waals surface area (Å²) in [5.74, 6) is 0.525. The van der Waals surface area contributed by atoms with Crippen molar-refractivity contribution >= 4 is 47.5 Å². The SMILES string of the molecule is Cc1ccc(C(=O)Nc2nc3n(n2)C(c2ccc(Cl)cc2)C=C(c2ccccc2)N3)cc1.Cl. The van der Waals surface area contributed by atoms with Gasteiger partial charge >= 0.3 is 0 Å². The van der Waals surface area contributed by atoms with Gasteiger partial charge in [-0.2, -0.15) is 4.98 Å². The highest BCUT2D eigenvalue weighted by Gasteiger charge is 2.26. The maximum Gasteiger partial charge on any atom is 0.258 e. The first-order valence-electron chi connectivity index (χ1n) is 10.2. The minimum absolute atomic E-state index is 0. The molecule has 2 heterocycles. The lowest BCUT2D eigenvalue weighted by atomic mass is 10.0. The molecule has 8 heteroatoms. The molecule has 0 radical (unpaired) electrons. The standard InChI is InChI=1S/C25H20ClN5O.ClH/c1-16-7-9-19(10-8-16)23(32)28-24-29-25-27-21(17-5-3-2-4-6-17)15-22(31(25)30-24)18-11-13-20(26)14-12-18;/h2-15,22H,1H3,(H2,27,28,29,30,32);1H. The fourth-order valence-electron chi connectivity index (χ4n) is 3.61. The highest BCUT2D eigenvalue weighted by molar-refractivity contribution is 6.30. The first kappa shape index (κ1) is 22.6. The number of carbonyl (C=O) groups excluding carboxylic acids is 1. The second kappa shape index (κ2) is 9.48. The lowest BCUT2D eigenvalue weighted by molar-refractivity contribution is 0.102. The van der Waals surface area contributed by atoms with Crippen molar-refractivity contribution < 1.29 is 4.79 Å². The number of aromatic nitrogens is 3. The summed E-state index contributed by atoms with van der Waals surface area (Å²) in [5.41, 5.74) is 4.60. The predicted octanol–water partition coefficient (Wildman–Crippen LogP) is 5.97. The van der Waals surface area contributed by atoms with Crippen LogP contribution >= 0.6 is 24.0 Å². The number of allylic oxidation sites excluding steroid dienone is 1. The van der Waals surface area contributed by atoms with Gasteiger partial charge in [0.25, 0.3) is 11.9 Å². The van der Waals surface area contributed by atoms with E-state index in [0.29, 0.717) is 16.5 Å². The zero-order valence-corrected chi connectivity index (χ0v) is 19.3. The summed E-state index contributed by atoms with van der Waals surface area (Å²) < 4.78 is 1.76. The van der Waals surface area contributed by atoms with E-state index in [2.05, 4.69) is 26.8 Å². The molecule has 2 N–H and O–H groups in total. The molecule has 0 aliphatic carbocycles. The molecule has 0 bridgehead atoms. The first-order valence-corrected chi connectivity index (χ1v) is 10.6. The van der Waals surface area contributed by atoms with E-state index >= 15 is 0 Å². The van der Waals surface area contributed by atoms with Crippen molar-refractivity contribution in [2.24, 2.45) is 0 Å². The van der Waals surface area contributed by atoms with E-state index in [4.69, 9.17) is 11.6 Å². The average molecular weight is 478 g/mol. The van der Waals surface area contributed by atoms with Gasteiger partial charge in [0, 0.05) is 16.3 Å². The van der Waals surface area contributed by atoms with Gasteiger partial charge in [0.1, 0.15) is 6.04 Å². The molecular formula is C25H21Cl2N5O. The normalized spacial score (nSPS) is 14.4. The molecule has 5 rings (SSSR count). The number of benzene rings is 3. The van der Waals surface area contributed by atoms with Crippen LogP contribution in [-0.2, 0) is 0 Å². The van der Waals surface area contributed by atoms with Crippen LogP contribution in [0.5, 0.6) is 0 Å². The third kappa shape index (κ3) is 4.77. The van der Waals surface area contributed by atoms with Gasteiger partial charge in [0.05, 0.1) is 0 Å². The zero-order chi connectivity index (χ0) is 22.1. The molecule has 3 aromatic carbocycles. The van der Waals surface area contributed by atoms with Gasteiger partial charge in [-0.15, -0.1) is 17.5 Å². The summed E-state index contributed by atoms with van der Waals surface area (Å²) in [4.78, 5) is 17.2. The van der Waals surface area contributed by atoms with Crippen molar-refractivity contribution in [1.29, 1.82) is 0 Å². The van der Waals surface area contributed by atoms with Crippen LogP contribution in [0.4, 0.5) is 11.9 Å². The molecule has 1 unspecified atom stereocenters. The number of hydrogen-bond acceptors (Lipinski definition) is 4. The number of amides is 1. The molecule has 1 aromatic heterocycles. The van der Waals surface area contributed by atoms with E-state index in [1.54, 1.807) is 16.8 Å². The average Bonchev–Trinajstić information content (AvgIpc) is 3.22. The summed E-state index contributed by atoms with van der Waals surface area (Å²) in [6.45, 7) is 1.98. The Hall–Kier alpha value is -3.61. The van der Waals surface area contributed by atoms with Gasteiger partial charge in [-0.25, -0.2) is 4.68 Å². The molecule has 1 aliphatic heterocycles. The van der Waals surface area contributed by atoms with Crippen LogP contribution in [0.15, 0.2) is 84.9 Å². The van der Waals surface area contributed by atoms with Crippen LogP contribution in [0.1, 0.15) is 33.1 Å². The second-order valence-electron chi connectivity index (χ2n) is 7.59. The van der Waals surface area contributed by atoms with E-state index in [0.717, 1.165) is 22.4 Å². The molecule has 4 aromatic rings. The van der Waals surface area contributed by atoms with Crippen LogP contribution in [0.25, 0.3) is 5.70 Å². The van der Waals surface area contributed by atoms with Crippen molar-refractivity contribution in [2.75, 3.05) is 10.6 Å². The van der Waals surface area contributed by atoms with Gasteiger partial charge in [-0.05, 0) is 48.4 Å². The van der Waals surface area contributed by atoms with Crippen molar-refractivity contribution in [1.82, 2.24) is 14.8 Å². The molecule has 0 fully saturated rings. The van der Waals surface area contributed by atoms with Crippen molar-refractivity contribution in [3.8, 4) is 0 Å². The van der Waals surface area contributed by atoms with Crippen molar-refractivity contribution in [3.05, 3.63) is 112 Å². The Morgan fingerprint density at radius 1 is 1.00 bits per heavy atom. The summed E-state index contributed by atoms with van der Waals surface area (Å²) in [5, 5.41) is 11.4. The molecule has 166 valence electrons. The highest BCUT2D eigenvalue weighted by atomic mass is 35.5. The lowest BCUT2D eigenvalue weighted by Gasteiger charge is -2.24. The summed E-state index contributed by atoms with van der Waals surface area (Å²) in [7, 11) is 0.